The van der Waals surface area contributed by atoms with Crippen LogP contribution < -0.4 is 5.32 Å². The van der Waals surface area contributed by atoms with Crippen molar-refractivity contribution in [3.05, 3.63) is 35.9 Å². The molecule has 7 nitrogen and oxygen atoms in total. The predicted octanol–water partition coefficient (Wildman–Crippen LogP) is 1.98. The lowest BCUT2D eigenvalue weighted by atomic mass is 10.1. The molecule has 3 rings (SSSR count). The zero-order chi connectivity index (χ0) is 20.3. The molecule has 1 aromatic carbocycles. The van der Waals surface area contributed by atoms with E-state index in [4.69, 9.17) is 0 Å². The van der Waals surface area contributed by atoms with Gasteiger partial charge in [-0.1, -0.05) is 30.3 Å². The highest BCUT2D eigenvalue weighted by atomic mass is 32.2. The Labute approximate surface area is 169 Å². The third kappa shape index (κ3) is 4.92. The summed E-state index contributed by atoms with van der Waals surface area (Å²) in [7, 11) is 0. The van der Waals surface area contributed by atoms with Crippen molar-refractivity contribution in [2.45, 2.75) is 51.7 Å². The Morgan fingerprint density at radius 2 is 1.93 bits per heavy atom. The monoisotopic (exact) mass is 402 g/mol. The van der Waals surface area contributed by atoms with Crippen LogP contribution in [0, 0.1) is 0 Å². The Balaban J connectivity index is 1.74. The summed E-state index contributed by atoms with van der Waals surface area (Å²) in [5.74, 6) is 0.502. The molecule has 0 radical (unpaired) electrons. The van der Waals surface area contributed by atoms with Gasteiger partial charge in [-0.15, -0.1) is 11.8 Å². The molecule has 1 unspecified atom stereocenters. The molecule has 1 saturated heterocycles. The van der Waals surface area contributed by atoms with Gasteiger partial charge < -0.3 is 10.2 Å². The molecule has 0 aromatic heterocycles. The predicted molar refractivity (Wildman–Crippen MR) is 110 cm³/mol. The zero-order valence-corrected chi connectivity index (χ0v) is 17.3. The number of amides is 3. The summed E-state index contributed by atoms with van der Waals surface area (Å²) in [6, 6.07) is 9.04. The van der Waals surface area contributed by atoms with Gasteiger partial charge in [0.25, 0.3) is 5.91 Å². The fourth-order valence-electron chi connectivity index (χ4n) is 3.11. The summed E-state index contributed by atoms with van der Waals surface area (Å²) < 4.78 is 0. The van der Waals surface area contributed by atoms with Gasteiger partial charge in [0.1, 0.15) is 11.8 Å². The van der Waals surface area contributed by atoms with Crippen LogP contribution >= 0.6 is 11.8 Å². The van der Waals surface area contributed by atoms with E-state index in [2.05, 4.69) is 10.4 Å². The number of hydrogen-bond acceptors (Lipinski definition) is 5. The lowest BCUT2D eigenvalue weighted by molar-refractivity contribution is -0.135. The normalized spacial score (nSPS) is 20.2. The first-order chi connectivity index (χ1) is 13.2. The first-order valence-corrected chi connectivity index (χ1v) is 10.5. The Kier molecular flexibility index (Phi) is 6.07. The van der Waals surface area contributed by atoms with Gasteiger partial charge in [0, 0.05) is 24.1 Å². The van der Waals surface area contributed by atoms with Crippen LogP contribution in [0.4, 0.5) is 0 Å². The second kappa shape index (κ2) is 8.34. The molecular weight excluding hydrogens is 376 g/mol. The van der Waals surface area contributed by atoms with Crippen LogP contribution in [0.3, 0.4) is 0 Å². The maximum atomic E-state index is 13.0. The maximum Gasteiger partial charge on any atom is 0.271 e. The van der Waals surface area contributed by atoms with Crippen molar-refractivity contribution in [1.29, 1.82) is 0 Å². The summed E-state index contributed by atoms with van der Waals surface area (Å²) >= 11 is 1.55. The second-order valence-electron chi connectivity index (χ2n) is 8.01. The first kappa shape index (κ1) is 20.4. The molecule has 1 fully saturated rings. The van der Waals surface area contributed by atoms with E-state index in [-0.39, 0.29) is 29.7 Å². The highest BCUT2D eigenvalue weighted by Crippen LogP contribution is 2.24. The van der Waals surface area contributed by atoms with Crippen molar-refractivity contribution in [1.82, 2.24) is 15.2 Å². The Bertz CT molecular complexity index is 788. The van der Waals surface area contributed by atoms with Gasteiger partial charge in [0.05, 0.1) is 12.4 Å². The van der Waals surface area contributed by atoms with Crippen LogP contribution in [0.5, 0.6) is 0 Å². The van der Waals surface area contributed by atoms with Crippen LogP contribution in [0.25, 0.3) is 0 Å². The number of rotatable bonds is 4. The molecule has 1 N–H and O–H groups in total. The largest absolute Gasteiger partial charge is 0.350 e. The van der Waals surface area contributed by atoms with Gasteiger partial charge in [-0.2, -0.15) is 5.10 Å². The fraction of sp³-hybridized carbons (Fsp3) is 0.500. The van der Waals surface area contributed by atoms with E-state index in [1.165, 1.54) is 5.01 Å². The molecule has 0 spiro atoms. The lowest BCUT2D eigenvalue weighted by Gasteiger charge is -2.29. The van der Waals surface area contributed by atoms with E-state index in [1.54, 1.807) is 16.7 Å². The van der Waals surface area contributed by atoms with Crippen LogP contribution in [0.1, 0.15) is 39.2 Å². The highest BCUT2D eigenvalue weighted by molar-refractivity contribution is 7.99. The molecule has 0 aliphatic carbocycles. The van der Waals surface area contributed by atoms with E-state index in [1.807, 2.05) is 51.1 Å². The third-order valence-corrected chi connectivity index (χ3v) is 5.48. The summed E-state index contributed by atoms with van der Waals surface area (Å²) in [6.45, 7) is 6.07. The van der Waals surface area contributed by atoms with Crippen molar-refractivity contribution in [2.24, 2.45) is 5.10 Å². The average Bonchev–Trinajstić information content (AvgIpc) is 3.12. The minimum atomic E-state index is -0.514. The van der Waals surface area contributed by atoms with Crippen LogP contribution in [0.2, 0.25) is 0 Å². The van der Waals surface area contributed by atoms with Crippen molar-refractivity contribution in [2.75, 3.05) is 11.6 Å². The van der Waals surface area contributed by atoms with Crippen LogP contribution in [0.15, 0.2) is 35.4 Å². The number of hydrogen-bond donors (Lipinski definition) is 1. The lowest BCUT2D eigenvalue weighted by Crippen LogP contribution is -2.54. The minimum Gasteiger partial charge on any atom is -0.350 e. The van der Waals surface area contributed by atoms with Gasteiger partial charge in [-0.05, 0) is 26.3 Å². The van der Waals surface area contributed by atoms with Crippen molar-refractivity contribution < 1.29 is 14.4 Å². The van der Waals surface area contributed by atoms with Crippen molar-refractivity contribution in [3.8, 4) is 0 Å². The molecule has 1 atom stereocenters. The minimum absolute atomic E-state index is 0.0989. The number of thioether (sulfide) groups is 1. The topological polar surface area (TPSA) is 82.1 Å². The van der Waals surface area contributed by atoms with Crippen LogP contribution in [-0.4, -0.2) is 56.6 Å². The SMILES string of the molecule is CC(C)(C)NC(=O)C1CSCN1C(=O)C1=NN(Cc2ccccc2)C(=O)CC1. The molecule has 3 amide bonds. The number of benzene rings is 1. The van der Waals surface area contributed by atoms with Gasteiger partial charge in [-0.25, -0.2) is 5.01 Å². The standard InChI is InChI=1S/C20H26N4O3S/c1-20(2,3)21-18(26)16-12-28-13-23(16)19(27)15-9-10-17(25)24(22-15)11-14-7-5-4-6-8-14/h4-8,16H,9-13H2,1-3H3,(H,21,26). The number of nitrogens with one attached hydrogen (secondary N) is 1. The van der Waals surface area contributed by atoms with E-state index in [0.29, 0.717) is 30.3 Å². The summed E-state index contributed by atoms with van der Waals surface area (Å²) in [5, 5.41) is 8.65. The molecule has 0 saturated carbocycles. The van der Waals surface area contributed by atoms with E-state index in [9.17, 15) is 14.4 Å². The number of nitrogens with zero attached hydrogens (tertiary/aromatic N) is 3. The molecule has 8 heteroatoms. The first-order valence-electron chi connectivity index (χ1n) is 9.37. The molecule has 150 valence electrons. The molecule has 2 aliphatic rings. The Morgan fingerprint density at radius 3 is 2.61 bits per heavy atom. The molecular formula is C20H26N4O3S. The van der Waals surface area contributed by atoms with Gasteiger partial charge in [-0.3, -0.25) is 14.4 Å². The van der Waals surface area contributed by atoms with Gasteiger partial charge >= 0.3 is 0 Å². The summed E-state index contributed by atoms with van der Waals surface area (Å²) in [4.78, 5) is 39.5. The Morgan fingerprint density at radius 1 is 1.21 bits per heavy atom. The second-order valence-corrected chi connectivity index (χ2v) is 9.01. The van der Waals surface area contributed by atoms with Crippen molar-refractivity contribution in [3.63, 3.8) is 0 Å². The molecule has 2 heterocycles. The quantitative estimate of drug-likeness (QED) is 0.835. The fourth-order valence-corrected chi connectivity index (χ4v) is 4.27. The molecule has 0 bridgehead atoms. The summed E-state index contributed by atoms with van der Waals surface area (Å²) in [5.41, 5.74) is 0.930. The van der Waals surface area contributed by atoms with Gasteiger partial charge in [0.2, 0.25) is 11.8 Å². The smallest absolute Gasteiger partial charge is 0.271 e. The van der Waals surface area contributed by atoms with Crippen LogP contribution in [-0.2, 0) is 20.9 Å². The zero-order valence-electron chi connectivity index (χ0n) is 16.5. The molecule has 28 heavy (non-hydrogen) atoms. The van der Waals surface area contributed by atoms with E-state index >= 15 is 0 Å². The number of hydrazone groups is 1. The third-order valence-electron chi connectivity index (χ3n) is 4.47. The average molecular weight is 403 g/mol. The summed E-state index contributed by atoms with van der Waals surface area (Å²) in [6.07, 6.45) is 0.551. The Hall–Kier alpha value is -2.35. The van der Waals surface area contributed by atoms with Gasteiger partial charge in [0.15, 0.2) is 0 Å². The van der Waals surface area contributed by atoms with E-state index in [0.717, 1.165) is 5.56 Å². The molecule has 1 aromatic rings. The maximum absolute atomic E-state index is 13.0. The number of carbonyl (C=O) groups excluding carboxylic acids is 3. The highest BCUT2D eigenvalue weighted by Gasteiger charge is 2.38. The molecule has 2 aliphatic heterocycles. The number of carbonyl (C=O) groups is 3. The van der Waals surface area contributed by atoms with Crippen molar-refractivity contribution >= 4 is 35.2 Å². The van der Waals surface area contributed by atoms with E-state index < -0.39 is 6.04 Å².